The second-order valence-corrected chi connectivity index (χ2v) is 22.5. The molecule has 0 saturated carbocycles. The van der Waals surface area contributed by atoms with Crippen LogP contribution in [0.4, 0.5) is 29.7 Å². The van der Waals surface area contributed by atoms with Crippen molar-refractivity contribution in [1.82, 2.24) is 40.4 Å². The van der Waals surface area contributed by atoms with Crippen LogP contribution in [0.2, 0.25) is 10.0 Å². The molecule has 0 aliphatic carbocycles. The van der Waals surface area contributed by atoms with Crippen molar-refractivity contribution in [3.05, 3.63) is 155 Å². The SMILES string of the molecule is C.C.CC[C@H](C)[C@H](NC(=O)N1CCC2(CC1)C(=O)N(c1ccc(F)c(Cl)c1)C2c1ccc(-c2cccnc2)cn1)C(=O)OC.CC[C@H](C)[C@H](NC(=O)N1CCC2(CC1)C(=O)N(c1ccc(F)c(Cl)c1)C2c1ccc(-c2ccncc2)cn1)C(=O)OC. The minimum atomic E-state index is -0.807. The monoisotopic (exact) mass is 1220 g/mol. The number of carbonyl (C=O) groups is 6. The van der Waals surface area contributed by atoms with Gasteiger partial charge in [0.05, 0.1) is 58.6 Å². The number of carbonyl (C=O) groups excluding carboxylic acids is 6. The Hall–Kier alpha value is -8.10. The first-order valence-corrected chi connectivity index (χ1v) is 28.7. The summed E-state index contributed by atoms with van der Waals surface area (Å²) in [5.41, 5.74) is 4.40. The standard InChI is InChI=1S/2C31H33ClFN5O4.2CH4/c1-4-19(2)26(28(39)42-3)36-30(41)37-15-11-31(12-16-37)27(38(29(31)40)22-6-7-24(33)23(32)17-22)25-8-5-21(18-35-25)20-9-13-34-14-10-20;1-4-19(2)26(28(39)42-3)36-30(41)37-14-11-31(12-15-37)27(38(29(31)40)22-8-9-24(33)23(32)16-22)25-10-7-21(18-35-25)20-6-5-13-34-17-20;;/h5-10,13-14,17-19,26-27H,4,11-12,15-16H2,1-3H3,(H,36,41);5-10,13,16-19,26-27H,4,11-12,14-15H2,1-3H3,(H,36,41);2*1H4/t2*19-,26-,27?;;/m00../s1. The van der Waals surface area contributed by atoms with Crippen molar-refractivity contribution in [3.63, 3.8) is 0 Å². The number of urea groups is 2. The zero-order chi connectivity index (χ0) is 60.0. The fourth-order valence-electron chi connectivity index (χ4n) is 11.7. The van der Waals surface area contributed by atoms with Crippen LogP contribution >= 0.6 is 23.2 Å². The van der Waals surface area contributed by atoms with E-state index < -0.39 is 58.6 Å². The van der Waals surface area contributed by atoms with Gasteiger partial charge in [-0.25, -0.2) is 28.0 Å². The Labute approximate surface area is 511 Å². The number of β-lactam (4-membered cyclic amide) rings is 2. The minimum absolute atomic E-state index is 0. The van der Waals surface area contributed by atoms with Crippen LogP contribution in [0.5, 0.6) is 0 Å². The second kappa shape index (κ2) is 27.9. The molecule has 4 fully saturated rings. The number of pyridine rings is 4. The molecule has 18 nitrogen and oxygen atoms in total. The van der Waals surface area contributed by atoms with Gasteiger partial charge in [0.25, 0.3) is 0 Å². The molecule has 86 heavy (non-hydrogen) atoms. The van der Waals surface area contributed by atoms with Crippen LogP contribution in [0.15, 0.2) is 122 Å². The lowest BCUT2D eigenvalue weighted by Crippen LogP contribution is -2.67. The van der Waals surface area contributed by atoms with Crippen molar-refractivity contribution in [3.8, 4) is 22.3 Å². The number of likely N-dealkylation sites (tertiary alicyclic amines) is 2. The van der Waals surface area contributed by atoms with E-state index in [-0.39, 0.29) is 60.6 Å². The minimum Gasteiger partial charge on any atom is -0.467 e. The van der Waals surface area contributed by atoms with E-state index in [0.29, 0.717) is 87.5 Å². The third-order valence-corrected chi connectivity index (χ3v) is 17.7. The number of hydrogen-bond acceptors (Lipinski definition) is 12. The van der Waals surface area contributed by atoms with Gasteiger partial charge in [-0.2, -0.15) is 0 Å². The summed E-state index contributed by atoms with van der Waals surface area (Å²) in [7, 11) is 2.60. The van der Waals surface area contributed by atoms with Gasteiger partial charge in [-0.1, -0.05) is 96.8 Å². The molecule has 456 valence electrons. The van der Waals surface area contributed by atoms with Crippen LogP contribution in [0, 0.1) is 34.3 Å². The zero-order valence-electron chi connectivity index (χ0n) is 47.4. The number of piperidine rings is 2. The number of halogens is 4. The summed E-state index contributed by atoms with van der Waals surface area (Å²) < 4.78 is 37.8. The van der Waals surface area contributed by atoms with Crippen molar-refractivity contribution in [2.75, 3.05) is 50.2 Å². The third kappa shape index (κ3) is 12.9. The van der Waals surface area contributed by atoms with Crippen molar-refractivity contribution < 1.29 is 47.0 Å². The van der Waals surface area contributed by atoms with Crippen LogP contribution in [-0.2, 0) is 28.7 Å². The molecule has 6 atom stereocenters. The molecule has 4 aliphatic heterocycles. The Morgan fingerprint density at radius 2 is 0.988 bits per heavy atom. The van der Waals surface area contributed by atoms with E-state index in [0.717, 1.165) is 22.3 Å². The lowest BCUT2D eigenvalue weighted by Gasteiger charge is -2.58. The van der Waals surface area contributed by atoms with E-state index in [1.165, 1.54) is 50.6 Å². The number of nitrogens with one attached hydrogen (secondary N) is 2. The molecule has 8 heterocycles. The predicted octanol–water partition coefficient (Wildman–Crippen LogP) is 12.1. The van der Waals surface area contributed by atoms with Crippen molar-refractivity contribution in [2.24, 2.45) is 22.7 Å². The number of aromatic nitrogens is 4. The molecule has 22 heteroatoms. The van der Waals surface area contributed by atoms with Crippen molar-refractivity contribution >= 4 is 70.4 Å². The number of rotatable bonds is 14. The summed E-state index contributed by atoms with van der Waals surface area (Å²) in [4.78, 5) is 103. The largest absolute Gasteiger partial charge is 0.467 e. The Balaban J connectivity index is 0.000000240. The molecule has 0 radical (unpaired) electrons. The number of ether oxygens (including phenoxy) is 2. The summed E-state index contributed by atoms with van der Waals surface area (Å²) in [5.74, 6) is -2.57. The first-order valence-electron chi connectivity index (χ1n) is 28.0. The topological polar surface area (TPSA) is 209 Å². The van der Waals surface area contributed by atoms with Gasteiger partial charge in [-0.3, -0.25) is 29.5 Å². The number of amides is 6. The maximum atomic E-state index is 14.0. The van der Waals surface area contributed by atoms with Crippen LogP contribution in [0.1, 0.15) is 105 Å². The average Bonchev–Trinajstić information content (AvgIpc) is 0.717. The summed E-state index contributed by atoms with van der Waals surface area (Å²) in [5, 5.41) is 5.50. The first kappa shape index (κ1) is 65.4. The Morgan fingerprint density at radius 1 is 0.581 bits per heavy atom. The van der Waals surface area contributed by atoms with E-state index >= 15 is 0 Å². The van der Waals surface area contributed by atoms with Gasteiger partial charge in [0.1, 0.15) is 23.7 Å². The van der Waals surface area contributed by atoms with Crippen LogP contribution in [-0.4, -0.2) is 118 Å². The van der Waals surface area contributed by atoms with E-state index in [2.05, 4.69) is 20.6 Å². The Kier molecular flexibility index (Phi) is 21.3. The molecule has 2 spiro atoms. The normalized spacial score (nSPS) is 18.7. The number of hydrogen-bond donors (Lipinski definition) is 2. The molecule has 0 bridgehead atoms. The van der Waals surface area contributed by atoms with Gasteiger partial charge in [-0.05, 0) is 110 Å². The molecule has 6 amide bonds. The van der Waals surface area contributed by atoms with E-state index in [9.17, 15) is 37.5 Å². The van der Waals surface area contributed by atoms with Crippen LogP contribution in [0.3, 0.4) is 0 Å². The first-order chi connectivity index (χ1) is 40.4. The van der Waals surface area contributed by atoms with Gasteiger partial charge >= 0.3 is 24.0 Å². The number of anilines is 2. The lowest BCUT2D eigenvalue weighted by atomic mass is 9.63. The van der Waals surface area contributed by atoms with Crippen LogP contribution < -0.4 is 20.4 Å². The molecule has 4 aromatic heterocycles. The van der Waals surface area contributed by atoms with E-state index in [4.69, 9.17) is 42.6 Å². The fourth-order valence-corrected chi connectivity index (χ4v) is 12.1. The highest BCUT2D eigenvalue weighted by molar-refractivity contribution is 6.31. The Bertz CT molecular complexity index is 3150. The molecule has 4 aliphatic rings. The summed E-state index contributed by atoms with van der Waals surface area (Å²) in [6, 6.07) is 20.6. The highest BCUT2D eigenvalue weighted by atomic mass is 35.5. The molecule has 2 aromatic carbocycles. The zero-order valence-corrected chi connectivity index (χ0v) is 48.9. The highest BCUT2D eigenvalue weighted by Gasteiger charge is 2.64. The molecule has 4 saturated heterocycles. The number of methoxy groups -OCH3 is 2. The van der Waals surface area contributed by atoms with Crippen molar-refractivity contribution in [2.45, 2.75) is 105 Å². The smallest absolute Gasteiger partial charge is 0.328 e. The molecular formula is C64H74Cl2F2N10O8. The van der Waals surface area contributed by atoms with Gasteiger partial charge in [-0.15, -0.1) is 0 Å². The van der Waals surface area contributed by atoms with Crippen LogP contribution in [0.25, 0.3) is 22.3 Å². The van der Waals surface area contributed by atoms with E-state index in [1.807, 2.05) is 76.2 Å². The average molecular weight is 1220 g/mol. The summed E-state index contributed by atoms with van der Waals surface area (Å²) in [6.45, 7) is 8.91. The van der Waals surface area contributed by atoms with Crippen molar-refractivity contribution in [1.29, 1.82) is 0 Å². The third-order valence-electron chi connectivity index (χ3n) is 17.1. The molecular weight excluding hydrogens is 1150 g/mol. The molecule has 6 aromatic rings. The fraction of sp³-hybridized carbons (Fsp3) is 0.406. The highest BCUT2D eigenvalue weighted by Crippen LogP contribution is 2.59. The second-order valence-electron chi connectivity index (χ2n) is 21.7. The lowest BCUT2D eigenvalue weighted by molar-refractivity contribution is -0.145. The maximum Gasteiger partial charge on any atom is 0.328 e. The van der Waals surface area contributed by atoms with Gasteiger partial charge in [0.2, 0.25) is 11.8 Å². The quantitative estimate of drug-likeness (QED) is 0.0771. The molecule has 2 N–H and O–H groups in total. The predicted molar refractivity (Wildman–Crippen MR) is 326 cm³/mol. The Morgan fingerprint density at radius 3 is 1.34 bits per heavy atom. The molecule has 10 rings (SSSR count). The van der Waals surface area contributed by atoms with Gasteiger partial charge < -0.3 is 39.7 Å². The van der Waals surface area contributed by atoms with Gasteiger partial charge in [0, 0.05) is 91.4 Å². The number of nitrogens with zero attached hydrogens (tertiary/aromatic N) is 8. The van der Waals surface area contributed by atoms with E-state index in [1.54, 1.807) is 56.8 Å². The summed E-state index contributed by atoms with van der Waals surface area (Å²) in [6.07, 6.45) is 13.4. The maximum absolute atomic E-state index is 14.0. The molecule has 2 unspecified atom stereocenters. The number of esters is 2. The summed E-state index contributed by atoms with van der Waals surface area (Å²) >= 11 is 12.2. The number of benzene rings is 2. The van der Waals surface area contributed by atoms with Gasteiger partial charge in [0.15, 0.2) is 0 Å².